The second kappa shape index (κ2) is 14.5. The molecular weight excluding hydrogens is 612 g/mol. The van der Waals surface area contributed by atoms with E-state index in [4.69, 9.17) is 9.72 Å². The maximum Gasteiger partial charge on any atom is 0.407 e. The van der Waals surface area contributed by atoms with Crippen LogP contribution in [0.1, 0.15) is 68.5 Å². The van der Waals surface area contributed by atoms with Crippen LogP contribution in [0.5, 0.6) is 5.75 Å². The number of nitrogens with one attached hydrogen (secondary N) is 1. The summed E-state index contributed by atoms with van der Waals surface area (Å²) in [4.78, 5) is 47.0. The molecule has 6 rings (SSSR count). The summed E-state index contributed by atoms with van der Waals surface area (Å²) in [5, 5.41) is 17.4. The molecule has 1 saturated heterocycles. The zero-order chi connectivity index (χ0) is 32.9. The normalized spacial score (nSPS) is 18.1. The summed E-state index contributed by atoms with van der Waals surface area (Å²) in [6.07, 6.45) is 5.33. The van der Waals surface area contributed by atoms with E-state index in [0.717, 1.165) is 88.2 Å². The lowest BCUT2D eigenvalue weighted by molar-refractivity contribution is -0.140. The SMILES string of the molecule is CC(C(=O)N[C@H](C(=O)N1CCCC1c1nc(-c2ccc(OCc3ccccc3)c3ccccc23)cs1)C1CCCCC1)N(C)C(=O)O. The topological polar surface area (TPSA) is 112 Å². The van der Waals surface area contributed by atoms with Gasteiger partial charge in [-0.25, -0.2) is 9.78 Å². The monoisotopic (exact) mass is 654 g/mol. The number of fused-ring (bicyclic) bond motifs is 1. The van der Waals surface area contributed by atoms with E-state index in [1.165, 1.54) is 7.05 Å². The minimum Gasteiger partial charge on any atom is -0.488 e. The number of carboxylic acid groups (broad SMARTS) is 1. The van der Waals surface area contributed by atoms with Crippen LogP contribution in [-0.2, 0) is 16.2 Å². The number of carbonyl (C=O) groups is 3. The lowest BCUT2D eigenvalue weighted by Gasteiger charge is -2.35. The van der Waals surface area contributed by atoms with E-state index >= 15 is 0 Å². The molecule has 2 unspecified atom stereocenters. The van der Waals surface area contributed by atoms with Crippen LogP contribution >= 0.6 is 11.3 Å². The molecule has 10 heteroatoms. The fourth-order valence-electron chi connectivity index (χ4n) is 6.85. The van der Waals surface area contributed by atoms with Crippen molar-refractivity contribution in [2.24, 2.45) is 5.92 Å². The van der Waals surface area contributed by atoms with Crippen molar-refractivity contribution in [3.63, 3.8) is 0 Å². The fourth-order valence-corrected chi connectivity index (χ4v) is 7.82. The number of rotatable bonds is 10. The van der Waals surface area contributed by atoms with Gasteiger partial charge in [-0.2, -0.15) is 0 Å². The molecule has 0 spiro atoms. The van der Waals surface area contributed by atoms with Crippen molar-refractivity contribution in [2.45, 2.75) is 76.6 Å². The molecule has 1 saturated carbocycles. The van der Waals surface area contributed by atoms with Crippen molar-refractivity contribution >= 4 is 40.0 Å². The molecule has 2 N–H and O–H groups in total. The molecule has 9 nitrogen and oxygen atoms in total. The van der Waals surface area contributed by atoms with Gasteiger partial charge in [-0.05, 0) is 61.6 Å². The number of hydrogen-bond acceptors (Lipinski definition) is 6. The molecule has 3 atom stereocenters. The van der Waals surface area contributed by atoms with Gasteiger partial charge in [0.15, 0.2) is 0 Å². The van der Waals surface area contributed by atoms with E-state index in [1.807, 2.05) is 53.4 Å². The first-order chi connectivity index (χ1) is 22.8. The van der Waals surface area contributed by atoms with Gasteiger partial charge in [-0.1, -0.05) is 73.9 Å². The summed E-state index contributed by atoms with van der Waals surface area (Å²) in [5.41, 5.74) is 2.97. The van der Waals surface area contributed by atoms with Crippen molar-refractivity contribution in [3.8, 4) is 17.0 Å². The van der Waals surface area contributed by atoms with Crippen molar-refractivity contribution in [2.75, 3.05) is 13.6 Å². The standard InChI is InChI=1S/C37H42N4O5S/c1-24(40(2)37(44)45)34(42)39-33(26-14-7-4-8-15-26)36(43)41-21-11-18-31(41)35-38-30(23-47-35)28-19-20-32(29-17-10-9-16-27(28)29)46-22-25-12-5-3-6-13-25/h3,5-6,9-10,12-13,16-17,19-20,23-24,26,31,33H,4,7-8,11,14-15,18,21-22H2,1-2H3,(H,39,42)(H,44,45)/t24?,31?,33-/m0/s1. The molecule has 246 valence electrons. The van der Waals surface area contributed by atoms with Crippen molar-refractivity contribution in [3.05, 3.63) is 82.7 Å². The number of carbonyl (C=O) groups excluding carboxylic acids is 2. The first-order valence-corrected chi connectivity index (χ1v) is 17.4. The number of likely N-dealkylation sites (N-methyl/N-ethyl adjacent to an activating group) is 1. The zero-order valence-electron chi connectivity index (χ0n) is 26.9. The van der Waals surface area contributed by atoms with Gasteiger partial charge < -0.3 is 20.1 Å². The van der Waals surface area contributed by atoms with Crippen LogP contribution in [0.4, 0.5) is 4.79 Å². The Kier molecular flexibility index (Phi) is 10.1. The molecule has 3 aromatic carbocycles. The molecule has 47 heavy (non-hydrogen) atoms. The lowest BCUT2D eigenvalue weighted by Crippen LogP contribution is -2.56. The molecule has 1 aromatic heterocycles. The Hall–Kier alpha value is -4.44. The van der Waals surface area contributed by atoms with E-state index in [1.54, 1.807) is 18.3 Å². The van der Waals surface area contributed by atoms with E-state index in [-0.39, 0.29) is 17.9 Å². The fraction of sp³-hybridized carbons (Fsp3) is 0.405. The summed E-state index contributed by atoms with van der Waals surface area (Å²) >= 11 is 1.56. The number of hydrogen-bond donors (Lipinski definition) is 2. The maximum atomic E-state index is 14.3. The molecule has 2 aliphatic rings. The van der Waals surface area contributed by atoms with Gasteiger partial charge in [0.1, 0.15) is 29.4 Å². The molecule has 2 heterocycles. The van der Waals surface area contributed by atoms with Gasteiger partial charge in [0, 0.05) is 29.9 Å². The second-order valence-corrected chi connectivity index (χ2v) is 13.5. The minimum absolute atomic E-state index is 0.0182. The Morgan fingerprint density at radius 3 is 2.45 bits per heavy atom. The third kappa shape index (κ3) is 7.12. The summed E-state index contributed by atoms with van der Waals surface area (Å²) in [5.74, 6) is 0.287. The Balaban J connectivity index is 1.23. The number of amides is 3. The van der Waals surface area contributed by atoms with Crippen LogP contribution in [-0.4, -0.2) is 63.5 Å². The summed E-state index contributed by atoms with van der Waals surface area (Å²) in [7, 11) is 1.37. The number of thiazole rings is 1. The van der Waals surface area contributed by atoms with Crippen LogP contribution in [0.15, 0.2) is 72.1 Å². The first-order valence-electron chi connectivity index (χ1n) is 16.5. The van der Waals surface area contributed by atoms with Gasteiger partial charge in [-0.3, -0.25) is 14.5 Å². The van der Waals surface area contributed by atoms with Gasteiger partial charge in [0.05, 0.1) is 11.7 Å². The quantitative estimate of drug-likeness (QED) is 0.186. The predicted molar refractivity (Wildman–Crippen MR) is 183 cm³/mol. The maximum absolute atomic E-state index is 14.3. The van der Waals surface area contributed by atoms with Crippen LogP contribution in [0, 0.1) is 5.92 Å². The third-order valence-corrected chi connectivity index (χ3v) is 10.6. The van der Waals surface area contributed by atoms with Crippen molar-refractivity contribution < 1.29 is 24.2 Å². The number of nitrogens with zero attached hydrogens (tertiary/aromatic N) is 3. The van der Waals surface area contributed by atoms with Crippen LogP contribution in [0.2, 0.25) is 0 Å². The second-order valence-electron chi connectivity index (χ2n) is 12.6. The summed E-state index contributed by atoms with van der Waals surface area (Å²) < 4.78 is 6.24. The van der Waals surface area contributed by atoms with Gasteiger partial charge in [0.2, 0.25) is 11.8 Å². The van der Waals surface area contributed by atoms with E-state index in [9.17, 15) is 19.5 Å². The van der Waals surface area contributed by atoms with Crippen LogP contribution in [0.3, 0.4) is 0 Å². The average Bonchev–Trinajstić information content (AvgIpc) is 3.80. The van der Waals surface area contributed by atoms with Crippen molar-refractivity contribution in [1.82, 2.24) is 20.1 Å². The molecule has 1 aliphatic carbocycles. The van der Waals surface area contributed by atoms with Gasteiger partial charge >= 0.3 is 6.09 Å². The Morgan fingerprint density at radius 2 is 1.70 bits per heavy atom. The number of aromatic nitrogens is 1. The molecule has 2 fully saturated rings. The van der Waals surface area contributed by atoms with Crippen molar-refractivity contribution in [1.29, 1.82) is 0 Å². The number of ether oxygens (including phenoxy) is 1. The number of likely N-dealkylation sites (tertiary alicyclic amines) is 1. The molecule has 4 aromatic rings. The Labute approximate surface area is 279 Å². The molecule has 0 radical (unpaired) electrons. The predicted octanol–water partition coefficient (Wildman–Crippen LogP) is 7.27. The highest BCUT2D eigenvalue weighted by Gasteiger charge is 2.40. The Bertz CT molecular complexity index is 1720. The third-order valence-electron chi connectivity index (χ3n) is 9.69. The Morgan fingerprint density at radius 1 is 0.979 bits per heavy atom. The highest BCUT2D eigenvalue weighted by Crippen LogP contribution is 2.40. The van der Waals surface area contributed by atoms with Gasteiger partial charge in [-0.15, -0.1) is 11.3 Å². The minimum atomic E-state index is -1.19. The van der Waals surface area contributed by atoms with E-state index in [2.05, 4.69) is 28.9 Å². The summed E-state index contributed by atoms with van der Waals surface area (Å²) in [6, 6.07) is 20.6. The average molecular weight is 655 g/mol. The highest BCUT2D eigenvalue weighted by atomic mass is 32.1. The molecule has 3 amide bonds. The largest absolute Gasteiger partial charge is 0.488 e. The van der Waals surface area contributed by atoms with Crippen LogP contribution in [0.25, 0.3) is 22.0 Å². The summed E-state index contributed by atoms with van der Waals surface area (Å²) in [6.45, 7) is 2.62. The smallest absolute Gasteiger partial charge is 0.407 e. The molecule has 1 aliphatic heterocycles. The highest BCUT2D eigenvalue weighted by molar-refractivity contribution is 7.10. The van der Waals surface area contributed by atoms with E-state index in [0.29, 0.717) is 13.2 Å². The molecule has 0 bridgehead atoms. The van der Waals surface area contributed by atoms with Crippen LogP contribution < -0.4 is 10.1 Å². The molecular formula is C37H42N4O5S. The zero-order valence-corrected chi connectivity index (χ0v) is 27.7. The van der Waals surface area contributed by atoms with Gasteiger partial charge in [0.25, 0.3) is 0 Å². The first kappa shape index (κ1) is 32.5. The van der Waals surface area contributed by atoms with E-state index < -0.39 is 24.1 Å². The lowest BCUT2D eigenvalue weighted by atomic mass is 9.83. The number of benzene rings is 3.